The van der Waals surface area contributed by atoms with Crippen LogP contribution in [0.2, 0.25) is 10.0 Å². The van der Waals surface area contributed by atoms with Crippen molar-refractivity contribution in [3.05, 3.63) is 39.6 Å². The quantitative estimate of drug-likeness (QED) is 0.720. The lowest BCUT2D eigenvalue weighted by Crippen LogP contribution is -2.27. The van der Waals surface area contributed by atoms with E-state index in [0.29, 0.717) is 15.7 Å². The molecule has 0 aliphatic rings. The number of rotatable bonds is 5. The maximum Gasteiger partial charge on any atom is 0.322 e. The smallest absolute Gasteiger partial charge is 0.322 e. The standard InChI is InChI=1S/C12H8Cl2N4O2/c13-8-1-9(14)3-10(2-8)18-12(7(4-15)5-16)17-6-11(19)20/h1-3,17-18H,6H2,(H,19,20). The molecule has 0 saturated carbocycles. The average molecular weight is 311 g/mol. The van der Waals surface area contributed by atoms with E-state index >= 15 is 0 Å². The van der Waals surface area contributed by atoms with Crippen LogP contribution in [0.3, 0.4) is 0 Å². The molecule has 0 spiro atoms. The topological polar surface area (TPSA) is 109 Å². The Morgan fingerprint density at radius 3 is 2.20 bits per heavy atom. The molecule has 0 radical (unpaired) electrons. The van der Waals surface area contributed by atoms with E-state index in [1.165, 1.54) is 18.2 Å². The predicted octanol–water partition coefficient (Wildman–Crippen LogP) is 2.34. The zero-order valence-electron chi connectivity index (χ0n) is 9.94. The fourth-order valence-electron chi connectivity index (χ4n) is 1.27. The van der Waals surface area contributed by atoms with Gasteiger partial charge in [0, 0.05) is 15.7 Å². The van der Waals surface area contributed by atoms with Crippen LogP contribution in [0.4, 0.5) is 5.69 Å². The third kappa shape index (κ3) is 4.69. The number of carboxylic acid groups (broad SMARTS) is 1. The number of hydrogen-bond donors (Lipinski definition) is 3. The Morgan fingerprint density at radius 1 is 1.20 bits per heavy atom. The van der Waals surface area contributed by atoms with Gasteiger partial charge in [-0.15, -0.1) is 0 Å². The number of carbonyl (C=O) groups is 1. The van der Waals surface area contributed by atoms with Crippen molar-refractivity contribution in [3.8, 4) is 12.1 Å². The summed E-state index contributed by atoms with van der Waals surface area (Å²) >= 11 is 11.6. The van der Waals surface area contributed by atoms with E-state index in [1.807, 2.05) is 0 Å². The number of nitrogens with zero attached hydrogens (tertiary/aromatic N) is 2. The Kier molecular flexibility index (Phi) is 5.67. The minimum absolute atomic E-state index is 0.0317. The highest BCUT2D eigenvalue weighted by molar-refractivity contribution is 6.35. The monoisotopic (exact) mass is 310 g/mol. The third-order valence-corrected chi connectivity index (χ3v) is 2.46. The Labute approximate surface area is 124 Å². The first-order chi connectivity index (χ1) is 9.46. The number of nitrogens with one attached hydrogen (secondary N) is 2. The molecule has 1 aromatic rings. The van der Waals surface area contributed by atoms with E-state index in [1.54, 1.807) is 12.1 Å². The zero-order valence-corrected chi connectivity index (χ0v) is 11.5. The van der Waals surface area contributed by atoms with Crippen molar-refractivity contribution in [2.75, 3.05) is 11.9 Å². The molecule has 1 rings (SSSR count). The van der Waals surface area contributed by atoms with Crippen molar-refractivity contribution in [1.82, 2.24) is 5.32 Å². The molecule has 20 heavy (non-hydrogen) atoms. The lowest BCUT2D eigenvalue weighted by molar-refractivity contribution is -0.135. The second-order valence-electron chi connectivity index (χ2n) is 3.50. The Bertz CT molecular complexity index is 608. The van der Waals surface area contributed by atoms with Crippen LogP contribution in [0, 0.1) is 22.7 Å². The fraction of sp³-hybridized carbons (Fsp3) is 0.0833. The van der Waals surface area contributed by atoms with Crippen LogP contribution in [0.5, 0.6) is 0 Å². The fourth-order valence-corrected chi connectivity index (χ4v) is 1.79. The number of halogens is 2. The van der Waals surface area contributed by atoms with Gasteiger partial charge in [-0.1, -0.05) is 23.2 Å². The molecule has 1 aromatic carbocycles. The second-order valence-corrected chi connectivity index (χ2v) is 4.38. The van der Waals surface area contributed by atoms with E-state index in [-0.39, 0.29) is 11.4 Å². The average Bonchev–Trinajstić information content (AvgIpc) is 2.35. The molecule has 0 aromatic heterocycles. The molecule has 0 saturated heterocycles. The van der Waals surface area contributed by atoms with Gasteiger partial charge < -0.3 is 15.7 Å². The normalized spacial score (nSPS) is 9.00. The highest BCUT2D eigenvalue weighted by Gasteiger charge is 2.09. The predicted molar refractivity (Wildman–Crippen MR) is 74.0 cm³/mol. The van der Waals surface area contributed by atoms with Crippen LogP contribution >= 0.6 is 23.2 Å². The van der Waals surface area contributed by atoms with Gasteiger partial charge in [-0.25, -0.2) is 0 Å². The van der Waals surface area contributed by atoms with Crippen molar-refractivity contribution in [2.24, 2.45) is 0 Å². The molecular weight excluding hydrogens is 303 g/mol. The minimum atomic E-state index is -1.14. The first kappa shape index (κ1) is 15.6. The van der Waals surface area contributed by atoms with Gasteiger partial charge in [-0.3, -0.25) is 4.79 Å². The molecule has 6 nitrogen and oxygen atoms in total. The summed E-state index contributed by atoms with van der Waals surface area (Å²) in [6, 6.07) is 7.86. The van der Waals surface area contributed by atoms with Crippen molar-refractivity contribution in [2.45, 2.75) is 0 Å². The first-order valence-corrected chi connectivity index (χ1v) is 5.95. The van der Waals surface area contributed by atoms with Gasteiger partial charge in [0.05, 0.1) is 0 Å². The lowest BCUT2D eigenvalue weighted by Gasteiger charge is -2.12. The molecule has 3 N–H and O–H groups in total. The number of aliphatic carboxylic acids is 1. The van der Waals surface area contributed by atoms with Gasteiger partial charge in [0.1, 0.15) is 24.5 Å². The van der Waals surface area contributed by atoms with Gasteiger partial charge in [-0.2, -0.15) is 10.5 Å². The van der Waals surface area contributed by atoms with Crippen LogP contribution in [-0.4, -0.2) is 17.6 Å². The molecule has 0 bridgehead atoms. The van der Waals surface area contributed by atoms with E-state index in [9.17, 15) is 4.79 Å². The van der Waals surface area contributed by atoms with Gasteiger partial charge >= 0.3 is 5.97 Å². The Morgan fingerprint density at radius 2 is 1.75 bits per heavy atom. The number of carboxylic acids is 1. The van der Waals surface area contributed by atoms with Crippen molar-refractivity contribution in [3.63, 3.8) is 0 Å². The molecule has 0 heterocycles. The van der Waals surface area contributed by atoms with Gasteiger partial charge in [0.15, 0.2) is 5.57 Å². The Balaban J connectivity index is 3.07. The molecule has 0 atom stereocenters. The molecule has 0 aliphatic carbocycles. The molecule has 102 valence electrons. The van der Waals surface area contributed by atoms with Crippen LogP contribution < -0.4 is 10.6 Å². The first-order valence-electron chi connectivity index (χ1n) is 5.19. The maximum absolute atomic E-state index is 10.5. The minimum Gasteiger partial charge on any atom is -0.480 e. The third-order valence-electron chi connectivity index (χ3n) is 2.02. The zero-order chi connectivity index (χ0) is 15.1. The summed E-state index contributed by atoms with van der Waals surface area (Å²) in [7, 11) is 0. The van der Waals surface area contributed by atoms with Crippen molar-refractivity contribution < 1.29 is 9.90 Å². The van der Waals surface area contributed by atoms with Crippen LogP contribution in [0.15, 0.2) is 29.6 Å². The SMILES string of the molecule is N#CC(C#N)=C(NCC(=O)O)Nc1cc(Cl)cc(Cl)c1. The summed E-state index contributed by atoms with van der Waals surface area (Å²) in [4.78, 5) is 10.5. The summed E-state index contributed by atoms with van der Waals surface area (Å²) in [6.45, 7) is -0.455. The Hall–Kier alpha value is -2.41. The lowest BCUT2D eigenvalue weighted by atomic mass is 10.2. The summed E-state index contributed by atoms with van der Waals surface area (Å²) in [5, 5.41) is 32.2. The summed E-state index contributed by atoms with van der Waals surface area (Å²) in [5.74, 6) is -1.17. The summed E-state index contributed by atoms with van der Waals surface area (Å²) in [6.07, 6.45) is 0. The number of hydrogen-bond acceptors (Lipinski definition) is 5. The molecule has 0 amide bonds. The number of benzene rings is 1. The molecule has 0 fully saturated rings. The van der Waals surface area contributed by atoms with Crippen LogP contribution in [0.1, 0.15) is 0 Å². The highest BCUT2D eigenvalue weighted by atomic mass is 35.5. The molecular formula is C12H8Cl2N4O2. The molecule has 0 aliphatic heterocycles. The molecule has 8 heteroatoms. The number of allylic oxidation sites excluding steroid dienone is 1. The van der Waals surface area contributed by atoms with Crippen LogP contribution in [-0.2, 0) is 4.79 Å². The second kappa shape index (κ2) is 7.25. The summed E-state index contributed by atoms with van der Waals surface area (Å²) < 4.78 is 0. The van der Waals surface area contributed by atoms with E-state index in [0.717, 1.165) is 0 Å². The van der Waals surface area contributed by atoms with Gasteiger partial charge in [0.25, 0.3) is 0 Å². The van der Waals surface area contributed by atoms with Crippen molar-refractivity contribution in [1.29, 1.82) is 10.5 Å². The van der Waals surface area contributed by atoms with Crippen molar-refractivity contribution >= 4 is 34.9 Å². The van der Waals surface area contributed by atoms with Gasteiger partial charge in [0.2, 0.25) is 0 Å². The summed E-state index contributed by atoms with van der Waals surface area (Å²) in [5.41, 5.74) is 0.126. The molecule has 0 unspecified atom stereocenters. The number of nitriles is 2. The van der Waals surface area contributed by atoms with Gasteiger partial charge in [-0.05, 0) is 18.2 Å². The van der Waals surface area contributed by atoms with E-state index < -0.39 is 12.5 Å². The highest BCUT2D eigenvalue weighted by Crippen LogP contribution is 2.23. The van der Waals surface area contributed by atoms with E-state index in [4.69, 9.17) is 38.8 Å². The van der Waals surface area contributed by atoms with E-state index in [2.05, 4.69) is 10.6 Å². The number of anilines is 1. The largest absolute Gasteiger partial charge is 0.480 e. The van der Waals surface area contributed by atoms with Crippen LogP contribution in [0.25, 0.3) is 0 Å². The maximum atomic E-state index is 10.5.